The molecule has 4 heteroatoms. The Kier molecular flexibility index (Phi) is 2.61. The van der Waals surface area contributed by atoms with Crippen molar-refractivity contribution in [3.8, 4) is 0 Å². The first-order valence-electron chi connectivity index (χ1n) is 7.34. The molecule has 0 amide bonds. The van der Waals surface area contributed by atoms with Crippen molar-refractivity contribution in [1.29, 1.82) is 0 Å². The summed E-state index contributed by atoms with van der Waals surface area (Å²) in [7, 11) is 0. The van der Waals surface area contributed by atoms with E-state index in [1.54, 1.807) is 0 Å². The molecule has 4 bridgehead atoms. The molecule has 0 N–H and O–H groups in total. The van der Waals surface area contributed by atoms with Gasteiger partial charge in [0.25, 0.3) is 0 Å². The topological polar surface area (TPSA) is 55.7 Å². The van der Waals surface area contributed by atoms with E-state index >= 15 is 0 Å². The zero-order valence-electron chi connectivity index (χ0n) is 12.1. The number of carbonyl (C=O) groups excluding carboxylic acids is 1. The van der Waals surface area contributed by atoms with Gasteiger partial charge in [-0.2, -0.15) is 4.91 Å². The normalized spacial score (nSPS) is 44.2. The zero-order valence-corrected chi connectivity index (χ0v) is 12.1. The number of rotatable bonds is 2. The van der Waals surface area contributed by atoms with E-state index in [1.165, 1.54) is 6.42 Å². The molecule has 4 fully saturated rings. The van der Waals surface area contributed by atoms with Crippen LogP contribution in [0, 0.1) is 22.2 Å². The molecule has 0 saturated heterocycles. The van der Waals surface area contributed by atoms with Gasteiger partial charge in [0.2, 0.25) is 0 Å². The molecule has 0 aromatic heterocycles. The first kappa shape index (κ1) is 13.1. The highest BCUT2D eigenvalue weighted by atomic mass is 16.6. The van der Waals surface area contributed by atoms with Gasteiger partial charge in [0.1, 0.15) is 11.1 Å². The Balaban J connectivity index is 1.88. The van der Waals surface area contributed by atoms with Crippen molar-refractivity contribution in [2.75, 3.05) is 0 Å². The van der Waals surface area contributed by atoms with Crippen LogP contribution in [0.3, 0.4) is 0 Å². The SMILES string of the molecule is CC(C)(C)OC(=O)C12CC3CC(CC(N=O)(C3)C1)C2. The molecule has 2 atom stereocenters. The molecule has 0 radical (unpaired) electrons. The summed E-state index contributed by atoms with van der Waals surface area (Å²) in [5.41, 5.74) is -1.35. The lowest BCUT2D eigenvalue weighted by molar-refractivity contribution is -0.184. The fraction of sp³-hybridized carbons (Fsp3) is 0.933. The van der Waals surface area contributed by atoms with E-state index in [9.17, 15) is 9.70 Å². The second kappa shape index (κ2) is 3.80. The van der Waals surface area contributed by atoms with Crippen molar-refractivity contribution in [2.45, 2.75) is 70.4 Å². The van der Waals surface area contributed by atoms with E-state index in [0.717, 1.165) is 25.7 Å². The maximum atomic E-state index is 12.6. The van der Waals surface area contributed by atoms with Gasteiger partial charge in [-0.1, -0.05) is 5.18 Å². The van der Waals surface area contributed by atoms with E-state index < -0.39 is 16.6 Å². The number of ether oxygens (including phenoxy) is 1. The molecule has 0 aromatic carbocycles. The number of nitroso groups, excluding NO2 is 1. The van der Waals surface area contributed by atoms with Crippen LogP contribution in [0.5, 0.6) is 0 Å². The number of hydrogen-bond donors (Lipinski definition) is 0. The maximum absolute atomic E-state index is 12.6. The molecule has 19 heavy (non-hydrogen) atoms. The molecular formula is C15H23NO3. The summed E-state index contributed by atoms with van der Waals surface area (Å²) >= 11 is 0. The van der Waals surface area contributed by atoms with Crippen LogP contribution in [0.4, 0.5) is 0 Å². The molecule has 0 aromatic rings. The quantitative estimate of drug-likeness (QED) is 0.567. The number of carbonyl (C=O) groups is 1. The molecule has 106 valence electrons. The third kappa shape index (κ3) is 2.09. The average molecular weight is 265 g/mol. The molecule has 4 nitrogen and oxygen atoms in total. The predicted octanol–water partition coefficient (Wildman–Crippen LogP) is 3.43. The smallest absolute Gasteiger partial charge is 0.312 e. The molecule has 2 unspecified atom stereocenters. The average Bonchev–Trinajstić information content (AvgIpc) is 2.25. The second-order valence-electron chi connectivity index (χ2n) is 8.06. The summed E-state index contributed by atoms with van der Waals surface area (Å²) in [6, 6.07) is 0. The van der Waals surface area contributed by atoms with Gasteiger partial charge < -0.3 is 4.74 Å². The minimum Gasteiger partial charge on any atom is -0.460 e. The summed E-state index contributed by atoms with van der Waals surface area (Å²) in [5.74, 6) is 0.889. The van der Waals surface area contributed by atoms with Gasteiger partial charge in [-0.3, -0.25) is 4.79 Å². The standard InChI is InChI=1S/C15H23NO3/c1-13(2,3)19-12(17)14-5-10-4-11(6-14)8-15(7-10,9-14)16-18/h10-11H,4-9H2,1-3H3. The van der Waals surface area contributed by atoms with Crippen molar-refractivity contribution in [3.63, 3.8) is 0 Å². The van der Waals surface area contributed by atoms with Crippen LogP contribution in [0.25, 0.3) is 0 Å². The molecule has 0 spiro atoms. The van der Waals surface area contributed by atoms with Crippen LogP contribution in [0.2, 0.25) is 0 Å². The van der Waals surface area contributed by atoms with Crippen molar-refractivity contribution in [2.24, 2.45) is 22.4 Å². The highest BCUT2D eigenvalue weighted by Crippen LogP contribution is 2.63. The Labute approximate surface area is 114 Å². The summed E-state index contributed by atoms with van der Waals surface area (Å²) < 4.78 is 5.63. The van der Waals surface area contributed by atoms with E-state index in [0.29, 0.717) is 18.3 Å². The van der Waals surface area contributed by atoms with Crippen LogP contribution in [-0.4, -0.2) is 17.1 Å². The fourth-order valence-electron chi connectivity index (χ4n) is 4.95. The number of esters is 1. The van der Waals surface area contributed by atoms with Crippen LogP contribution < -0.4 is 0 Å². The van der Waals surface area contributed by atoms with Crippen molar-refractivity contribution in [1.82, 2.24) is 0 Å². The lowest BCUT2D eigenvalue weighted by Gasteiger charge is -2.58. The van der Waals surface area contributed by atoms with E-state index in [1.807, 2.05) is 20.8 Å². The predicted molar refractivity (Wildman–Crippen MR) is 71.5 cm³/mol. The van der Waals surface area contributed by atoms with Crippen LogP contribution in [0.1, 0.15) is 59.3 Å². The highest BCUT2D eigenvalue weighted by Gasteiger charge is 2.62. The Morgan fingerprint density at radius 2 is 1.74 bits per heavy atom. The highest BCUT2D eigenvalue weighted by molar-refractivity contribution is 5.78. The second-order valence-corrected chi connectivity index (χ2v) is 8.06. The first-order chi connectivity index (χ1) is 8.76. The van der Waals surface area contributed by atoms with Crippen LogP contribution in [0.15, 0.2) is 5.18 Å². The third-order valence-corrected chi connectivity index (χ3v) is 5.06. The number of hydrogen-bond acceptors (Lipinski definition) is 4. The Morgan fingerprint density at radius 3 is 2.21 bits per heavy atom. The molecule has 4 saturated carbocycles. The molecule has 4 rings (SSSR count). The van der Waals surface area contributed by atoms with Crippen molar-refractivity contribution < 1.29 is 9.53 Å². The van der Waals surface area contributed by atoms with Gasteiger partial charge in [-0.05, 0) is 71.1 Å². The molecular weight excluding hydrogens is 242 g/mol. The van der Waals surface area contributed by atoms with E-state index in [-0.39, 0.29) is 5.97 Å². The van der Waals surface area contributed by atoms with Gasteiger partial charge >= 0.3 is 5.97 Å². The molecule has 4 aliphatic carbocycles. The summed E-state index contributed by atoms with van der Waals surface area (Å²) in [6.45, 7) is 5.71. The van der Waals surface area contributed by atoms with Crippen LogP contribution in [-0.2, 0) is 9.53 Å². The van der Waals surface area contributed by atoms with Gasteiger partial charge in [0.15, 0.2) is 0 Å². The fourth-order valence-corrected chi connectivity index (χ4v) is 4.95. The Morgan fingerprint density at radius 1 is 1.16 bits per heavy atom. The van der Waals surface area contributed by atoms with Gasteiger partial charge in [-0.25, -0.2) is 0 Å². The van der Waals surface area contributed by atoms with Crippen molar-refractivity contribution in [3.05, 3.63) is 4.91 Å². The Hall–Kier alpha value is -0.930. The number of nitrogens with zero attached hydrogens (tertiary/aromatic N) is 1. The monoisotopic (exact) mass is 265 g/mol. The molecule has 0 aliphatic heterocycles. The third-order valence-electron chi connectivity index (χ3n) is 5.06. The molecule has 0 heterocycles. The summed E-state index contributed by atoms with van der Waals surface area (Å²) in [4.78, 5) is 23.9. The largest absolute Gasteiger partial charge is 0.460 e. The lowest BCUT2D eigenvalue weighted by atomic mass is 9.47. The van der Waals surface area contributed by atoms with Crippen molar-refractivity contribution >= 4 is 5.97 Å². The van der Waals surface area contributed by atoms with E-state index in [4.69, 9.17) is 4.74 Å². The Bertz CT molecular complexity index is 410. The van der Waals surface area contributed by atoms with Crippen LogP contribution >= 0.6 is 0 Å². The van der Waals surface area contributed by atoms with E-state index in [2.05, 4.69) is 5.18 Å². The minimum atomic E-state index is -0.471. The lowest BCUT2D eigenvalue weighted by Crippen LogP contribution is -2.58. The van der Waals surface area contributed by atoms with Gasteiger partial charge in [0.05, 0.1) is 5.41 Å². The van der Waals surface area contributed by atoms with Gasteiger partial charge in [0, 0.05) is 0 Å². The summed E-state index contributed by atoms with van der Waals surface area (Å²) in [5, 5.41) is 3.45. The molecule has 4 aliphatic rings. The zero-order chi connectivity index (χ0) is 13.9. The maximum Gasteiger partial charge on any atom is 0.312 e. The summed E-state index contributed by atoms with van der Waals surface area (Å²) in [6.07, 6.45) is 5.35. The first-order valence-corrected chi connectivity index (χ1v) is 7.34. The van der Waals surface area contributed by atoms with Gasteiger partial charge in [-0.15, -0.1) is 0 Å². The minimum absolute atomic E-state index is 0.0953.